The molecule has 0 aliphatic heterocycles. The molecule has 2 aromatic carbocycles. The third kappa shape index (κ3) is 5.66. The first-order valence-electron chi connectivity index (χ1n) is 8.74. The van der Waals surface area contributed by atoms with Gasteiger partial charge in [0, 0.05) is 8.95 Å². The third-order valence-corrected chi connectivity index (χ3v) is 5.30. The topological polar surface area (TPSA) is 52.6 Å². The molecule has 0 saturated carbocycles. The van der Waals surface area contributed by atoms with Gasteiger partial charge in [0.05, 0.1) is 6.61 Å². The number of ether oxygens (including phenoxy) is 2. The summed E-state index contributed by atoms with van der Waals surface area (Å²) in [7, 11) is 0. The monoisotopic (exact) mass is 496 g/mol. The van der Waals surface area contributed by atoms with Crippen molar-refractivity contribution in [2.75, 3.05) is 6.61 Å². The van der Waals surface area contributed by atoms with Gasteiger partial charge >= 0.3 is 11.9 Å². The van der Waals surface area contributed by atoms with Gasteiger partial charge in [-0.1, -0.05) is 63.0 Å². The zero-order valence-electron chi connectivity index (χ0n) is 15.3. The quantitative estimate of drug-likeness (QED) is 0.359. The minimum Gasteiger partial charge on any atom is -0.465 e. The van der Waals surface area contributed by atoms with E-state index >= 15 is 0 Å². The van der Waals surface area contributed by atoms with Crippen molar-refractivity contribution in [3.05, 3.63) is 68.6 Å². The molecule has 0 bridgehead atoms. The van der Waals surface area contributed by atoms with Crippen LogP contribution in [0.15, 0.2) is 57.5 Å². The minimum absolute atomic E-state index is 0.0952. The molecule has 6 heteroatoms. The molecule has 0 heterocycles. The highest BCUT2D eigenvalue weighted by molar-refractivity contribution is 9.10. The summed E-state index contributed by atoms with van der Waals surface area (Å²) in [6.45, 7) is 3.83. The number of benzene rings is 2. The zero-order valence-corrected chi connectivity index (χ0v) is 18.5. The number of hydrogen-bond acceptors (Lipinski definition) is 4. The molecule has 1 atom stereocenters. The van der Waals surface area contributed by atoms with Gasteiger partial charge in [-0.15, -0.1) is 0 Å². The molecule has 2 aromatic rings. The summed E-state index contributed by atoms with van der Waals surface area (Å²) in [5.74, 6) is -1.12. The van der Waals surface area contributed by atoms with Gasteiger partial charge in [-0.2, -0.15) is 0 Å². The van der Waals surface area contributed by atoms with Crippen LogP contribution >= 0.6 is 31.9 Å². The summed E-state index contributed by atoms with van der Waals surface area (Å²) in [4.78, 5) is 25.8. The minimum atomic E-state index is -1.37. The number of carbonyl (C=O) groups is 2. The lowest BCUT2D eigenvalue weighted by Gasteiger charge is -2.28. The van der Waals surface area contributed by atoms with Crippen LogP contribution in [0.3, 0.4) is 0 Å². The number of halogens is 2. The van der Waals surface area contributed by atoms with Gasteiger partial charge in [-0.25, -0.2) is 0 Å². The van der Waals surface area contributed by atoms with E-state index in [-0.39, 0.29) is 26.1 Å². The Balaban J connectivity index is 2.26. The van der Waals surface area contributed by atoms with E-state index in [1.165, 1.54) is 0 Å². The average Bonchev–Trinajstić information content (AvgIpc) is 2.64. The highest BCUT2D eigenvalue weighted by atomic mass is 79.9. The molecule has 2 rings (SSSR count). The smallest absolute Gasteiger partial charge is 0.324 e. The molecule has 0 amide bonds. The lowest BCUT2D eigenvalue weighted by atomic mass is 9.79. The number of hydrogen-bond donors (Lipinski definition) is 0. The van der Waals surface area contributed by atoms with Crippen molar-refractivity contribution >= 4 is 43.8 Å². The first-order chi connectivity index (χ1) is 12.9. The predicted octanol–water partition coefficient (Wildman–Crippen LogP) is 5.46. The molecule has 27 heavy (non-hydrogen) atoms. The van der Waals surface area contributed by atoms with E-state index in [9.17, 15) is 9.59 Å². The van der Waals surface area contributed by atoms with Gasteiger partial charge < -0.3 is 9.47 Å². The van der Waals surface area contributed by atoms with Crippen molar-refractivity contribution < 1.29 is 19.1 Å². The fourth-order valence-corrected chi connectivity index (χ4v) is 3.71. The van der Waals surface area contributed by atoms with E-state index < -0.39 is 17.4 Å². The second-order valence-electron chi connectivity index (χ2n) is 6.17. The Morgan fingerprint density at radius 3 is 2.00 bits per heavy atom. The van der Waals surface area contributed by atoms with Crippen molar-refractivity contribution in [2.24, 2.45) is 5.41 Å². The van der Waals surface area contributed by atoms with Crippen molar-refractivity contribution in [1.82, 2.24) is 0 Å². The Kier molecular flexibility index (Phi) is 8.05. The highest BCUT2D eigenvalue weighted by Gasteiger charge is 2.47. The number of carbonyl (C=O) groups excluding carboxylic acids is 2. The zero-order chi connectivity index (χ0) is 19.9. The molecular formula is C21H22Br2O4. The standard InChI is InChI=1S/C21H22Br2O4/c1-3-21(19(24)26-4-2,13-15-7-5-9-17(22)11-15)20(25)27-14-16-8-6-10-18(23)12-16/h5-12H,3-4,13-14H2,1-2H3. The summed E-state index contributed by atoms with van der Waals surface area (Å²) in [5, 5.41) is 0. The lowest BCUT2D eigenvalue weighted by Crippen LogP contribution is -2.43. The molecule has 0 aliphatic rings. The molecule has 0 aliphatic carbocycles. The maximum absolute atomic E-state index is 13.0. The fourth-order valence-electron chi connectivity index (χ4n) is 2.82. The number of esters is 2. The van der Waals surface area contributed by atoms with Crippen molar-refractivity contribution in [3.63, 3.8) is 0 Å². The van der Waals surface area contributed by atoms with Gasteiger partial charge in [0.15, 0.2) is 5.41 Å². The van der Waals surface area contributed by atoms with Gasteiger partial charge in [0.1, 0.15) is 6.61 Å². The summed E-state index contributed by atoms with van der Waals surface area (Å²) < 4.78 is 12.6. The van der Waals surface area contributed by atoms with E-state index in [1.54, 1.807) is 13.8 Å². The van der Waals surface area contributed by atoms with E-state index in [0.29, 0.717) is 0 Å². The third-order valence-electron chi connectivity index (χ3n) is 4.31. The largest absolute Gasteiger partial charge is 0.465 e. The molecule has 1 unspecified atom stereocenters. The first-order valence-corrected chi connectivity index (χ1v) is 10.3. The second kappa shape index (κ2) is 10.0. The Labute approximate surface area is 176 Å². The van der Waals surface area contributed by atoms with Crippen LogP contribution in [-0.2, 0) is 32.1 Å². The molecule has 0 radical (unpaired) electrons. The maximum Gasteiger partial charge on any atom is 0.324 e. The summed E-state index contributed by atoms with van der Waals surface area (Å²) in [6, 6.07) is 15.1. The van der Waals surface area contributed by atoms with Crippen LogP contribution in [-0.4, -0.2) is 18.5 Å². The molecule has 144 valence electrons. The van der Waals surface area contributed by atoms with Crippen molar-refractivity contribution in [3.8, 4) is 0 Å². The fraction of sp³-hybridized carbons (Fsp3) is 0.333. The molecule has 0 fully saturated rings. The average molecular weight is 498 g/mol. The summed E-state index contributed by atoms with van der Waals surface area (Å²) >= 11 is 6.83. The summed E-state index contributed by atoms with van der Waals surface area (Å²) in [6.07, 6.45) is 0.509. The highest BCUT2D eigenvalue weighted by Crippen LogP contribution is 2.32. The maximum atomic E-state index is 13.0. The Morgan fingerprint density at radius 2 is 1.44 bits per heavy atom. The Morgan fingerprint density at radius 1 is 0.889 bits per heavy atom. The van der Waals surface area contributed by atoms with Crippen LogP contribution in [0.4, 0.5) is 0 Å². The van der Waals surface area contributed by atoms with E-state index in [4.69, 9.17) is 9.47 Å². The molecule has 0 aromatic heterocycles. The van der Waals surface area contributed by atoms with Crippen LogP contribution in [0.5, 0.6) is 0 Å². The molecule has 0 N–H and O–H groups in total. The lowest BCUT2D eigenvalue weighted by molar-refractivity contribution is -0.173. The van der Waals surface area contributed by atoms with Gasteiger partial charge in [0.2, 0.25) is 0 Å². The first kappa shape index (κ1) is 21.6. The van der Waals surface area contributed by atoms with Gasteiger partial charge in [-0.05, 0) is 55.2 Å². The van der Waals surface area contributed by atoms with E-state index in [0.717, 1.165) is 20.1 Å². The molecule has 0 saturated heterocycles. The molecule has 0 spiro atoms. The normalized spacial score (nSPS) is 12.9. The Hall–Kier alpha value is -1.66. The van der Waals surface area contributed by atoms with E-state index in [2.05, 4.69) is 31.9 Å². The SMILES string of the molecule is CCOC(=O)C(CC)(Cc1cccc(Br)c1)C(=O)OCc1cccc(Br)c1. The van der Waals surface area contributed by atoms with Gasteiger partial charge in [0.25, 0.3) is 0 Å². The summed E-state index contributed by atoms with van der Waals surface area (Å²) in [5.41, 5.74) is 0.329. The van der Waals surface area contributed by atoms with E-state index in [1.807, 2.05) is 48.5 Å². The van der Waals surface area contributed by atoms with Crippen molar-refractivity contribution in [1.29, 1.82) is 0 Å². The van der Waals surface area contributed by atoms with Crippen LogP contribution in [0, 0.1) is 5.41 Å². The predicted molar refractivity (Wildman–Crippen MR) is 111 cm³/mol. The van der Waals surface area contributed by atoms with Crippen molar-refractivity contribution in [2.45, 2.75) is 33.3 Å². The van der Waals surface area contributed by atoms with Gasteiger partial charge in [-0.3, -0.25) is 9.59 Å². The molecular weight excluding hydrogens is 476 g/mol. The van der Waals surface area contributed by atoms with Crippen LogP contribution in [0.25, 0.3) is 0 Å². The van der Waals surface area contributed by atoms with Crippen LogP contribution < -0.4 is 0 Å². The second-order valence-corrected chi connectivity index (χ2v) is 8.00. The Bertz CT molecular complexity index is 806. The van der Waals surface area contributed by atoms with Crippen LogP contribution in [0.1, 0.15) is 31.4 Å². The van der Waals surface area contributed by atoms with Crippen LogP contribution in [0.2, 0.25) is 0 Å². The molecule has 4 nitrogen and oxygen atoms in total. The number of rotatable bonds is 8.